The van der Waals surface area contributed by atoms with Crippen LogP contribution in [0, 0.1) is 6.92 Å². The maximum atomic E-state index is 11.7. The Bertz CT molecular complexity index is 1160. The number of nitrogens with zero attached hydrogens (tertiary/aromatic N) is 1. The average molecular weight is 561 g/mol. The van der Waals surface area contributed by atoms with Gasteiger partial charge in [-0.2, -0.15) is 0 Å². The van der Waals surface area contributed by atoms with Gasteiger partial charge in [-0.3, -0.25) is 4.99 Å². The monoisotopic (exact) mass is 560 g/mol. The first kappa shape index (κ1) is 24.5. The molecule has 1 aromatic heterocycles. The van der Waals surface area contributed by atoms with Gasteiger partial charge in [-0.25, -0.2) is 8.42 Å². The summed E-state index contributed by atoms with van der Waals surface area (Å²) in [5.74, 6) is 0.688. The summed E-state index contributed by atoms with van der Waals surface area (Å²) in [5, 5.41) is 8.41. The molecule has 162 valence electrons. The number of aliphatic imine (C=N–C) groups is 1. The fraction of sp³-hybridized carbons (Fsp3) is 0.286. The zero-order valence-corrected chi connectivity index (χ0v) is 21.0. The number of hydrogen-bond acceptors (Lipinski definition) is 3. The Morgan fingerprint density at radius 2 is 1.93 bits per heavy atom. The van der Waals surface area contributed by atoms with Gasteiger partial charge in [0.15, 0.2) is 15.8 Å². The van der Waals surface area contributed by atoms with Crippen molar-refractivity contribution in [3.05, 3.63) is 64.3 Å². The minimum absolute atomic E-state index is 0. The topological polar surface area (TPSA) is 86.3 Å². The van der Waals surface area contributed by atoms with Crippen LogP contribution >= 0.6 is 35.6 Å². The van der Waals surface area contributed by atoms with Crippen LogP contribution in [0.2, 0.25) is 5.02 Å². The minimum Gasteiger partial charge on any atom is -0.361 e. The molecule has 0 spiro atoms. The maximum absolute atomic E-state index is 11.7. The molecule has 0 unspecified atom stereocenters. The van der Waals surface area contributed by atoms with E-state index in [9.17, 15) is 8.42 Å². The summed E-state index contributed by atoms with van der Waals surface area (Å²) in [6, 6.07) is 11.2. The van der Waals surface area contributed by atoms with Crippen LogP contribution in [-0.2, 0) is 22.8 Å². The largest absolute Gasteiger partial charge is 0.361 e. The summed E-state index contributed by atoms with van der Waals surface area (Å²) in [6.45, 7) is 3.07. The maximum Gasteiger partial charge on any atom is 0.191 e. The molecule has 0 amide bonds. The highest BCUT2D eigenvalue weighted by molar-refractivity contribution is 14.0. The fourth-order valence-electron chi connectivity index (χ4n) is 3.32. The van der Waals surface area contributed by atoms with Gasteiger partial charge in [-0.1, -0.05) is 23.7 Å². The molecular weight excluding hydrogens is 535 g/mol. The molecule has 0 aliphatic carbocycles. The Morgan fingerprint density at radius 1 is 1.17 bits per heavy atom. The van der Waals surface area contributed by atoms with Gasteiger partial charge in [0.05, 0.1) is 4.90 Å². The quantitative estimate of drug-likeness (QED) is 0.241. The van der Waals surface area contributed by atoms with E-state index in [4.69, 9.17) is 11.6 Å². The Kier molecular flexibility index (Phi) is 8.57. The lowest BCUT2D eigenvalue weighted by Gasteiger charge is -2.13. The fourth-order valence-corrected chi connectivity index (χ4v) is 4.45. The first-order valence-corrected chi connectivity index (χ1v) is 11.5. The van der Waals surface area contributed by atoms with Crippen molar-refractivity contribution in [2.24, 2.45) is 4.99 Å². The van der Waals surface area contributed by atoms with E-state index in [2.05, 4.69) is 20.6 Å². The molecule has 0 bridgehead atoms. The number of aromatic nitrogens is 1. The zero-order chi connectivity index (χ0) is 21.0. The van der Waals surface area contributed by atoms with E-state index in [1.165, 1.54) is 11.8 Å². The van der Waals surface area contributed by atoms with E-state index < -0.39 is 9.84 Å². The Balaban J connectivity index is 0.00000320. The second-order valence-electron chi connectivity index (χ2n) is 6.98. The van der Waals surface area contributed by atoms with Gasteiger partial charge in [-0.05, 0) is 54.3 Å². The van der Waals surface area contributed by atoms with Crippen LogP contribution in [0.4, 0.5) is 0 Å². The van der Waals surface area contributed by atoms with Crippen molar-refractivity contribution in [2.75, 3.05) is 19.8 Å². The summed E-state index contributed by atoms with van der Waals surface area (Å²) in [7, 11) is -1.48. The van der Waals surface area contributed by atoms with Crippen LogP contribution in [-0.4, -0.2) is 39.2 Å². The number of hydrogen-bond donors (Lipinski definition) is 3. The van der Waals surface area contributed by atoms with Crippen molar-refractivity contribution < 1.29 is 8.42 Å². The Morgan fingerprint density at radius 3 is 2.60 bits per heavy atom. The summed E-state index contributed by atoms with van der Waals surface area (Å²) in [5.41, 5.74) is 3.99. The number of aromatic amines is 1. The normalized spacial score (nSPS) is 11.9. The van der Waals surface area contributed by atoms with Gasteiger partial charge in [0.1, 0.15) is 0 Å². The van der Waals surface area contributed by atoms with E-state index in [1.807, 2.05) is 36.5 Å². The zero-order valence-electron chi connectivity index (χ0n) is 17.1. The van der Waals surface area contributed by atoms with Crippen molar-refractivity contribution in [1.29, 1.82) is 0 Å². The summed E-state index contributed by atoms with van der Waals surface area (Å²) in [6.07, 6.45) is 4.05. The number of aryl methyl sites for hydroxylation is 1. The summed E-state index contributed by atoms with van der Waals surface area (Å²) < 4.78 is 23.5. The van der Waals surface area contributed by atoms with E-state index in [0.717, 1.165) is 33.5 Å². The Labute approximate surface area is 199 Å². The molecule has 0 saturated carbocycles. The smallest absolute Gasteiger partial charge is 0.191 e. The molecule has 3 aromatic rings. The molecular formula is C21H26ClIN4O2S. The molecule has 0 atom stereocenters. The second-order valence-corrected chi connectivity index (χ2v) is 9.40. The van der Waals surface area contributed by atoms with Gasteiger partial charge < -0.3 is 15.6 Å². The van der Waals surface area contributed by atoms with Crippen molar-refractivity contribution in [2.45, 2.75) is 24.8 Å². The van der Waals surface area contributed by atoms with E-state index >= 15 is 0 Å². The van der Waals surface area contributed by atoms with Crippen LogP contribution in [0.3, 0.4) is 0 Å². The van der Waals surface area contributed by atoms with E-state index in [1.54, 1.807) is 20.0 Å². The number of sulfone groups is 1. The summed E-state index contributed by atoms with van der Waals surface area (Å²) in [4.78, 5) is 7.87. The number of halogens is 2. The van der Waals surface area contributed by atoms with Crippen molar-refractivity contribution in [3.63, 3.8) is 0 Å². The third kappa shape index (κ3) is 6.12. The molecule has 3 rings (SSSR count). The SMILES string of the molecule is CN=C(NCCc1c[nH]c2ccc(Cl)cc12)NCc1ccc(S(C)(=O)=O)c(C)c1.I. The summed E-state index contributed by atoms with van der Waals surface area (Å²) >= 11 is 6.11. The highest BCUT2D eigenvalue weighted by atomic mass is 127. The van der Waals surface area contributed by atoms with Crippen LogP contribution in [0.15, 0.2) is 52.5 Å². The predicted octanol–water partition coefficient (Wildman–Crippen LogP) is 4.06. The molecule has 30 heavy (non-hydrogen) atoms. The number of fused-ring (bicyclic) bond motifs is 1. The van der Waals surface area contributed by atoms with Crippen LogP contribution in [0.1, 0.15) is 16.7 Å². The van der Waals surface area contributed by atoms with Crippen molar-refractivity contribution >= 4 is 62.3 Å². The molecule has 0 aliphatic rings. The first-order chi connectivity index (χ1) is 13.8. The number of benzene rings is 2. The molecule has 6 nitrogen and oxygen atoms in total. The number of H-pyrrole nitrogens is 1. The van der Waals surface area contributed by atoms with Gasteiger partial charge in [0.25, 0.3) is 0 Å². The van der Waals surface area contributed by atoms with Gasteiger partial charge >= 0.3 is 0 Å². The molecule has 0 aliphatic heterocycles. The molecule has 0 saturated heterocycles. The highest BCUT2D eigenvalue weighted by Gasteiger charge is 2.11. The van der Waals surface area contributed by atoms with Gasteiger partial charge in [0.2, 0.25) is 0 Å². The molecule has 1 heterocycles. The van der Waals surface area contributed by atoms with Crippen LogP contribution < -0.4 is 10.6 Å². The van der Waals surface area contributed by atoms with Crippen molar-refractivity contribution in [1.82, 2.24) is 15.6 Å². The standard InChI is InChI=1S/C21H25ClN4O2S.HI/c1-14-10-15(4-7-20(14)29(3,27)28)12-26-21(23-2)24-9-8-16-13-25-19-6-5-17(22)11-18(16)19;/h4-7,10-11,13,25H,8-9,12H2,1-3H3,(H2,23,24,26);1H. The van der Waals surface area contributed by atoms with Crippen molar-refractivity contribution in [3.8, 4) is 0 Å². The molecule has 0 radical (unpaired) electrons. The number of nitrogens with one attached hydrogen (secondary N) is 3. The predicted molar refractivity (Wildman–Crippen MR) is 135 cm³/mol. The molecule has 3 N–H and O–H groups in total. The lowest BCUT2D eigenvalue weighted by Crippen LogP contribution is -2.37. The van der Waals surface area contributed by atoms with Crippen LogP contribution in [0.25, 0.3) is 10.9 Å². The third-order valence-corrected chi connectivity index (χ3v) is 6.23. The Hall–Kier alpha value is -1.78. The lowest BCUT2D eigenvalue weighted by atomic mass is 10.1. The molecule has 0 fully saturated rings. The van der Waals surface area contributed by atoms with Gasteiger partial charge in [0, 0.05) is 48.5 Å². The van der Waals surface area contributed by atoms with E-state index in [0.29, 0.717) is 23.9 Å². The third-order valence-electron chi connectivity index (χ3n) is 4.74. The first-order valence-electron chi connectivity index (χ1n) is 9.27. The van der Waals surface area contributed by atoms with Gasteiger partial charge in [-0.15, -0.1) is 24.0 Å². The highest BCUT2D eigenvalue weighted by Crippen LogP contribution is 2.22. The number of guanidine groups is 1. The van der Waals surface area contributed by atoms with E-state index in [-0.39, 0.29) is 24.0 Å². The number of rotatable bonds is 6. The lowest BCUT2D eigenvalue weighted by molar-refractivity contribution is 0.601. The average Bonchev–Trinajstić information content (AvgIpc) is 3.05. The molecule has 9 heteroatoms. The molecule has 2 aromatic carbocycles. The second kappa shape index (κ2) is 10.5. The minimum atomic E-state index is -3.21. The van der Waals surface area contributed by atoms with Crippen LogP contribution in [0.5, 0.6) is 0 Å².